The van der Waals surface area contributed by atoms with E-state index in [1.807, 2.05) is 6.07 Å². The predicted molar refractivity (Wildman–Crippen MR) is 142 cm³/mol. The fraction of sp³-hybridized carbons (Fsp3) is 0.536. The summed E-state index contributed by atoms with van der Waals surface area (Å²) in [5, 5.41) is 10.7. The number of anilines is 1. The third kappa shape index (κ3) is 6.17. The number of aromatic nitrogens is 1. The van der Waals surface area contributed by atoms with Crippen LogP contribution in [0.25, 0.3) is 0 Å². The molecule has 2 aromatic rings. The molecule has 11 heteroatoms. The molecule has 1 saturated heterocycles. The van der Waals surface area contributed by atoms with Crippen LogP contribution in [-0.4, -0.2) is 78.7 Å². The summed E-state index contributed by atoms with van der Waals surface area (Å²) >= 11 is 6.27. The first kappa shape index (κ1) is 29.1. The highest BCUT2D eigenvalue weighted by atomic mass is 35.5. The van der Waals surface area contributed by atoms with E-state index in [2.05, 4.69) is 9.88 Å². The van der Waals surface area contributed by atoms with Crippen molar-refractivity contribution in [3.05, 3.63) is 58.7 Å². The van der Waals surface area contributed by atoms with Gasteiger partial charge in [-0.1, -0.05) is 41.9 Å². The maximum Gasteiger partial charge on any atom is 0.430 e. The minimum absolute atomic E-state index is 0.118. The van der Waals surface area contributed by atoms with Crippen LogP contribution in [0.1, 0.15) is 41.6 Å². The van der Waals surface area contributed by atoms with E-state index in [1.54, 1.807) is 20.2 Å². The summed E-state index contributed by atoms with van der Waals surface area (Å²) in [7, 11) is 4.64. The van der Waals surface area contributed by atoms with Gasteiger partial charge in [0.15, 0.2) is 0 Å². The third-order valence-electron chi connectivity index (χ3n) is 7.88. The fourth-order valence-corrected chi connectivity index (χ4v) is 5.68. The van der Waals surface area contributed by atoms with Crippen LogP contribution >= 0.6 is 11.6 Å². The first-order valence-corrected chi connectivity index (χ1v) is 13.4. The number of halogens is 4. The molecule has 1 N–H and O–H groups in total. The van der Waals surface area contributed by atoms with Crippen LogP contribution in [0.4, 0.5) is 19.0 Å². The normalized spacial score (nSPS) is 21.3. The number of amides is 2. The molecule has 7 nitrogen and oxygen atoms in total. The van der Waals surface area contributed by atoms with Gasteiger partial charge in [0.1, 0.15) is 11.0 Å². The summed E-state index contributed by atoms with van der Waals surface area (Å²) in [5.74, 6) is 0.105. The predicted octanol–water partition coefficient (Wildman–Crippen LogP) is 4.59. The average molecular weight is 567 g/mol. The van der Waals surface area contributed by atoms with Gasteiger partial charge >= 0.3 is 6.18 Å². The molecular formula is C28H34ClF3N4O3. The van der Waals surface area contributed by atoms with Crippen LogP contribution in [-0.2, 0) is 10.4 Å². The maximum atomic E-state index is 13.9. The number of nitrogens with zero attached hydrogens (tertiary/aromatic N) is 4. The topological polar surface area (TPSA) is 77.0 Å². The van der Waals surface area contributed by atoms with E-state index in [1.165, 1.54) is 30.1 Å². The first-order valence-electron chi connectivity index (χ1n) is 13.1. The molecule has 1 aromatic carbocycles. The van der Waals surface area contributed by atoms with Crippen LogP contribution in [0, 0.1) is 17.8 Å². The standard InChI is InChI=1S/C28H34ClF3N4O3/c1-34(2)25(37)22-9-10-23(33-24(22)29)36-13-11-18(12-14-36)15-19-16-20(19)17-35(3)26(38)27(39,28(30,31)32)21-7-5-4-6-8-21/h4-10,18-20,39H,11-17H2,1-3H3/t19-,20-,27?/m0/s1. The number of carbonyl (C=O) groups is 2. The van der Waals surface area contributed by atoms with Crippen molar-refractivity contribution < 1.29 is 27.9 Å². The highest BCUT2D eigenvalue weighted by Gasteiger charge is 2.62. The van der Waals surface area contributed by atoms with Crippen LogP contribution in [0.5, 0.6) is 0 Å². The van der Waals surface area contributed by atoms with Crippen molar-refractivity contribution >= 4 is 29.2 Å². The van der Waals surface area contributed by atoms with Crippen molar-refractivity contribution in [1.82, 2.24) is 14.8 Å². The molecule has 0 bridgehead atoms. The summed E-state index contributed by atoms with van der Waals surface area (Å²) in [5.41, 5.74) is -3.70. The highest BCUT2D eigenvalue weighted by molar-refractivity contribution is 6.32. The molecule has 2 fully saturated rings. The Morgan fingerprint density at radius 3 is 2.26 bits per heavy atom. The number of piperidine rings is 1. The highest BCUT2D eigenvalue weighted by Crippen LogP contribution is 2.46. The Bertz CT molecular complexity index is 1190. The molecule has 39 heavy (non-hydrogen) atoms. The lowest BCUT2D eigenvalue weighted by molar-refractivity contribution is -0.261. The van der Waals surface area contributed by atoms with Crippen LogP contribution in [0.15, 0.2) is 42.5 Å². The molecule has 2 aliphatic rings. The second-order valence-electron chi connectivity index (χ2n) is 10.9. The van der Waals surface area contributed by atoms with E-state index in [9.17, 15) is 27.9 Å². The zero-order chi connectivity index (χ0) is 28.5. The van der Waals surface area contributed by atoms with E-state index >= 15 is 0 Å². The molecule has 2 heterocycles. The molecule has 1 aliphatic carbocycles. The summed E-state index contributed by atoms with van der Waals surface area (Å²) in [6, 6.07) is 10.0. The number of carbonyl (C=O) groups excluding carboxylic acids is 2. The van der Waals surface area contributed by atoms with Crippen molar-refractivity contribution in [2.24, 2.45) is 17.8 Å². The van der Waals surface area contributed by atoms with E-state index < -0.39 is 23.2 Å². The van der Waals surface area contributed by atoms with E-state index in [4.69, 9.17) is 11.6 Å². The lowest BCUT2D eigenvalue weighted by Crippen LogP contribution is -2.55. The smallest absolute Gasteiger partial charge is 0.369 e. The van der Waals surface area contributed by atoms with Crippen molar-refractivity contribution in [1.29, 1.82) is 0 Å². The van der Waals surface area contributed by atoms with Crippen molar-refractivity contribution in [2.45, 2.75) is 37.5 Å². The summed E-state index contributed by atoms with van der Waals surface area (Å²) in [4.78, 5) is 34.1. The molecule has 4 rings (SSSR count). The number of likely N-dealkylation sites (N-methyl/N-ethyl adjacent to an activating group) is 1. The summed E-state index contributed by atoms with van der Waals surface area (Å²) in [6.07, 6.45) is -1.45. The molecule has 0 spiro atoms. The molecule has 1 aliphatic heterocycles. The summed E-state index contributed by atoms with van der Waals surface area (Å²) in [6.45, 7) is 1.76. The van der Waals surface area contributed by atoms with Crippen LogP contribution < -0.4 is 4.90 Å². The monoisotopic (exact) mass is 566 g/mol. The number of pyridine rings is 1. The second kappa shape index (κ2) is 11.3. The fourth-order valence-electron chi connectivity index (χ4n) is 5.45. The number of hydrogen-bond acceptors (Lipinski definition) is 5. The molecule has 1 unspecified atom stereocenters. The second-order valence-corrected chi connectivity index (χ2v) is 11.2. The van der Waals surface area contributed by atoms with Gasteiger partial charge in [0.25, 0.3) is 17.4 Å². The average Bonchev–Trinajstić information content (AvgIpc) is 3.63. The van der Waals surface area contributed by atoms with E-state index in [0.29, 0.717) is 17.4 Å². The van der Waals surface area contributed by atoms with Gasteiger partial charge in [-0.2, -0.15) is 13.2 Å². The van der Waals surface area contributed by atoms with Gasteiger partial charge in [-0.05, 0) is 55.6 Å². The Morgan fingerprint density at radius 2 is 1.69 bits per heavy atom. The van der Waals surface area contributed by atoms with Gasteiger partial charge in [-0.25, -0.2) is 4.98 Å². The van der Waals surface area contributed by atoms with Gasteiger partial charge in [-0.3, -0.25) is 9.59 Å². The minimum Gasteiger partial charge on any atom is -0.369 e. The third-order valence-corrected chi connectivity index (χ3v) is 8.17. The van der Waals surface area contributed by atoms with Crippen molar-refractivity contribution in [3.63, 3.8) is 0 Å². The van der Waals surface area contributed by atoms with Gasteiger partial charge < -0.3 is 19.8 Å². The maximum absolute atomic E-state index is 13.9. The van der Waals surface area contributed by atoms with Gasteiger partial charge in [-0.15, -0.1) is 0 Å². The lowest BCUT2D eigenvalue weighted by Gasteiger charge is -2.34. The Hall–Kier alpha value is -2.85. The number of alkyl halides is 3. The Balaban J connectivity index is 1.28. The number of hydrogen-bond donors (Lipinski definition) is 1. The van der Waals surface area contributed by atoms with Gasteiger partial charge in [0, 0.05) is 46.3 Å². The molecule has 1 aromatic heterocycles. The Morgan fingerprint density at radius 1 is 1.05 bits per heavy atom. The van der Waals surface area contributed by atoms with E-state index in [-0.39, 0.29) is 23.5 Å². The minimum atomic E-state index is -5.14. The molecular weight excluding hydrogens is 533 g/mol. The van der Waals surface area contributed by atoms with Gasteiger partial charge in [0.2, 0.25) is 0 Å². The van der Waals surface area contributed by atoms with Crippen LogP contribution in [0.2, 0.25) is 5.15 Å². The molecule has 212 valence electrons. The summed E-state index contributed by atoms with van der Waals surface area (Å²) < 4.78 is 41.6. The van der Waals surface area contributed by atoms with Crippen LogP contribution in [0.3, 0.4) is 0 Å². The van der Waals surface area contributed by atoms with Crippen molar-refractivity contribution in [3.8, 4) is 0 Å². The van der Waals surface area contributed by atoms with Gasteiger partial charge in [0.05, 0.1) is 5.56 Å². The molecule has 0 radical (unpaired) electrons. The zero-order valence-corrected chi connectivity index (χ0v) is 23.0. The quantitative estimate of drug-likeness (QED) is 0.473. The lowest BCUT2D eigenvalue weighted by atomic mass is 9.90. The first-order chi connectivity index (χ1) is 18.3. The molecule has 1 saturated carbocycles. The number of aliphatic hydroxyl groups is 1. The number of benzene rings is 1. The Labute approximate surface area is 231 Å². The molecule has 2 amide bonds. The number of rotatable bonds is 8. The molecule has 3 atom stereocenters. The largest absolute Gasteiger partial charge is 0.430 e. The van der Waals surface area contributed by atoms with Crippen molar-refractivity contribution in [2.75, 3.05) is 45.7 Å². The zero-order valence-electron chi connectivity index (χ0n) is 22.3. The SMILES string of the molecule is CN(C)C(=O)c1ccc(N2CCC(C[C@H]3C[C@H]3CN(C)C(=O)C(O)(c3ccccc3)C(F)(F)F)CC2)nc1Cl. The van der Waals surface area contributed by atoms with E-state index in [0.717, 1.165) is 61.6 Å². The Kier molecular flexibility index (Phi) is 8.47.